The molecule has 0 saturated heterocycles. The SMILES string of the molecule is ClC(c1ccccc1)c1nnc(-c2ncccc2Br)o1. The topological polar surface area (TPSA) is 51.8 Å². The van der Waals surface area contributed by atoms with Gasteiger partial charge in [0, 0.05) is 10.7 Å². The first kappa shape index (κ1) is 13.3. The molecule has 0 aliphatic carbocycles. The molecule has 0 aliphatic heterocycles. The molecule has 0 spiro atoms. The molecule has 3 aromatic rings. The molecule has 2 heterocycles. The van der Waals surface area contributed by atoms with Gasteiger partial charge in [-0.1, -0.05) is 30.3 Å². The summed E-state index contributed by atoms with van der Waals surface area (Å²) < 4.78 is 6.41. The average molecular weight is 351 g/mol. The lowest BCUT2D eigenvalue weighted by molar-refractivity contribution is 0.511. The first-order valence-electron chi connectivity index (χ1n) is 5.89. The van der Waals surface area contributed by atoms with Crippen molar-refractivity contribution in [2.75, 3.05) is 0 Å². The fourth-order valence-electron chi connectivity index (χ4n) is 1.74. The zero-order chi connectivity index (χ0) is 13.9. The second kappa shape index (κ2) is 5.73. The zero-order valence-electron chi connectivity index (χ0n) is 10.2. The van der Waals surface area contributed by atoms with E-state index < -0.39 is 5.38 Å². The van der Waals surface area contributed by atoms with Gasteiger partial charge in [-0.05, 0) is 33.6 Å². The second-order valence-corrected chi connectivity index (χ2v) is 5.34. The Balaban J connectivity index is 1.93. The van der Waals surface area contributed by atoms with Crippen LogP contribution >= 0.6 is 27.5 Å². The van der Waals surface area contributed by atoms with Crippen molar-refractivity contribution in [2.45, 2.75) is 5.38 Å². The van der Waals surface area contributed by atoms with Gasteiger partial charge in [0.2, 0.25) is 5.89 Å². The van der Waals surface area contributed by atoms with Gasteiger partial charge < -0.3 is 4.42 Å². The van der Waals surface area contributed by atoms with Crippen LogP contribution in [-0.4, -0.2) is 15.2 Å². The Bertz CT molecular complexity index is 717. The van der Waals surface area contributed by atoms with E-state index >= 15 is 0 Å². The maximum Gasteiger partial charge on any atom is 0.267 e. The molecule has 1 aromatic carbocycles. The lowest BCUT2D eigenvalue weighted by Crippen LogP contribution is -1.92. The van der Waals surface area contributed by atoms with E-state index in [9.17, 15) is 0 Å². The Morgan fingerprint density at radius 2 is 1.85 bits per heavy atom. The van der Waals surface area contributed by atoms with Gasteiger partial charge in [0.1, 0.15) is 11.1 Å². The van der Waals surface area contributed by atoms with Crippen LogP contribution in [0.15, 0.2) is 57.6 Å². The van der Waals surface area contributed by atoms with Gasteiger partial charge in [0.25, 0.3) is 5.89 Å². The van der Waals surface area contributed by atoms with E-state index in [1.807, 2.05) is 42.5 Å². The molecule has 1 atom stereocenters. The summed E-state index contributed by atoms with van der Waals surface area (Å²) in [5, 5.41) is 7.53. The van der Waals surface area contributed by atoms with E-state index in [-0.39, 0.29) is 0 Å². The Kier molecular flexibility index (Phi) is 3.80. The molecule has 2 aromatic heterocycles. The molecule has 4 nitrogen and oxygen atoms in total. The van der Waals surface area contributed by atoms with E-state index in [2.05, 4.69) is 31.1 Å². The van der Waals surface area contributed by atoms with Crippen molar-refractivity contribution in [3.8, 4) is 11.6 Å². The molecular formula is C14H9BrClN3O. The minimum atomic E-state index is -0.472. The predicted molar refractivity (Wildman–Crippen MR) is 79.4 cm³/mol. The third-order valence-corrected chi connectivity index (χ3v) is 3.79. The maximum atomic E-state index is 6.34. The fourth-order valence-corrected chi connectivity index (χ4v) is 2.40. The molecule has 0 amide bonds. The number of hydrogen-bond donors (Lipinski definition) is 0. The van der Waals surface area contributed by atoms with Crippen LogP contribution in [0, 0.1) is 0 Å². The summed E-state index contributed by atoms with van der Waals surface area (Å²) in [6, 6.07) is 13.3. The first-order valence-corrected chi connectivity index (χ1v) is 7.12. The van der Waals surface area contributed by atoms with Crippen LogP contribution in [0.1, 0.15) is 16.8 Å². The van der Waals surface area contributed by atoms with Gasteiger partial charge in [0.05, 0.1) is 0 Å². The molecule has 20 heavy (non-hydrogen) atoms. The minimum Gasteiger partial charge on any atom is -0.417 e. The smallest absolute Gasteiger partial charge is 0.267 e. The molecular weight excluding hydrogens is 342 g/mol. The number of rotatable bonds is 3. The molecule has 0 fully saturated rings. The summed E-state index contributed by atoms with van der Waals surface area (Å²) >= 11 is 9.74. The number of alkyl halides is 1. The molecule has 6 heteroatoms. The number of hydrogen-bond acceptors (Lipinski definition) is 4. The van der Waals surface area contributed by atoms with Crippen molar-refractivity contribution >= 4 is 27.5 Å². The van der Waals surface area contributed by atoms with Crippen LogP contribution in [-0.2, 0) is 0 Å². The molecule has 0 bridgehead atoms. The van der Waals surface area contributed by atoms with Crippen LogP contribution in [0.3, 0.4) is 0 Å². The lowest BCUT2D eigenvalue weighted by Gasteiger charge is -2.03. The van der Waals surface area contributed by atoms with Crippen molar-refractivity contribution in [3.05, 3.63) is 64.6 Å². The number of aromatic nitrogens is 3. The normalized spacial score (nSPS) is 12.3. The summed E-state index contributed by atoms with van der Waals surface area (Å²) in [4.78, 5) is 4.21. The Labute approximate surface area is 129 Å². The third-order valence-electron chi connectivity index (χ3n) is 2.71. The summed E-state index contributed by atoms with van der Waals surface area (Å²) in [6.45, 7) is 0. The van der Waals surface area contributed by atoms with Crippen LogP contribution in [0.4, 0.5) is 0 Å². The number of pyridine rings is 1. The van der Waals surface area contributed by atoms with Crippen molar-refractivity contribution in [1.82, 2.24) is 15.2 Å². The second-order valence-electron chi connectivity index (χ2n) is 4.05. The van der Waals surface area contributed by atoms with E-state index in [1.165, 1.54) is 0 Å². The summed E-state index contributed by atoms with van der Waals surface area (Å²) in [6.07, 6.45) is 1.67. The standard InChI is InChI=1S/C14H9BrClN3O/c15-10-7-4-8-17-12(10)14-19-18-13(20-14)11(16)9-5-2-1-3-6-9/h1-8,11H. The highest BCUT2D eigenvalue weighted by atomic mass is 79.9. The quantitative estimate of drug-likeness (QED) is 0.664. The lowest BCUT2D eigenvalue weighted by atomic mass is 10.1. The highest BCUT2D eigenvalue weighted by molar-refractivity contribution is 9.10. The van der Waals surface area contributed by atoms with Crippen LogP contribution in [0.2, 0.25) is 0 Å². The van der Waals surface area contributed by atoms with Gasteiger partial charge in [-0.2, -0.15) is 0 Å². The predicted octanol–water partition coefficient (Wildman–Crippen LogP) is 4.22. The van der Waals surface area contributed by atoms with Gasteiger partial charge >= 0.3 is 0 Å². The number of nitrogens with zero attached hydrogens (tertiary/aromatic N) is 3. The average Bonchev–Trinajstić information content (AvgIpc) is 2.97. The monoisotopic (exact) mass is 349 g/mol. The number of halogens is 2. The Morgan fingerprint density at radius 3 is 2.60 bits per heavy atom. The summed E-state index contributed by atoms with van der Waals surface area (Å²) in [5.41, 5.74) is 1.51. The molecule has 100 valence electrons. The van der Waals surface area contributed by atoms with Gasteiger partial charge in [0.15, 0.2) is 0 Å². The van der Waals surface area contributed by atoms with E-state index in [0.717, 1.165) is 10.0 Å². The summed E-state index contributed by atoms with van der Waals surface area (Å²) in [5.74, 6) is 0.694. The molecule has 1 unspecified atom stereocenters. The molecule has 3 rings (SSSR count). The van der Waals surface area contributed by atoms with Crippen molar-refractivity contribution < 1.29 is 4.42 Å². The molecule has 0 radical (unpaired) electrons. The summed E-state index contributed by atoms with van der Waals surface area (Å²) in [7, 11) is 0. The van der Waals surface area contributed by atoms with E-state index in [0.29, 0.717) is 17.5 Å². The maximum absolute atomic E-state index is 6.34. The van der Waals surface area contributed by atoms with Crippen molar-refractivity contribution in [1.29, 1.82) is 0 Å². The Morgan fingerprint density at radius 1 is 1.05 bits per heavy atom. The van der Waals surface area contributed by atoms with Crippen molar-refractivity contribution in [2.24, 2.45) is 0 Å². The highest BCUT2D eigenvalue weighted by Crippen LogP contribution is 2.31. The highest BCUT2D eigenvalue weighted by Gasteiger charge is 2.20. The van der Waals surface area contributed by atoms with Gasteiger partial charge in [-0.25, -0.2) is 4.98 Å². The van der Waals surface area contributed by atoms with Gasteiger partial charge in [-0.3, -0.25) is 0 Å². The fraction of sp³-hybridized carbons (Fsp3) is 0.0714. The largest absolute Gasteiger partial charge is 0.417 e. The van der Waals surface area contributed by atoms with Crippen LogP contribution in [0.5, 0.6) is 0 Å². The van der Waals surface area contributed by atoms with E-state index in [1.54, 1.807) is 6.20 Å². The first-order chi connectivity index (χ1) is 9.75. The minimum absolute atomic E-state index is 0.342. The third kappa shape index (κ3) is 2.59. The van der Waals surface area contributed by atoms with Crippen LogP contribution < -0.4 is 0 Å². The molecule has 0 aliphatic rings. The van der Waals surface area contributed by atoms with E-state index in [4.69, 9.17) is 16.0 Å². The molecule has 0 N–H and O–H groups in total. The van der Waals surface area contributed by atoms with Crippen LogP contribution in [0.25, 0.3) is 11.6 Å². The zero-order valence-corrected chi connectivity index (χ0v) is 12.5. The molecule has 0 saturated carbocycles. The number of benzene rings is 1. The van der Waals surface area contributed by atoms with Gasteiger partial charge in [-0.15, -0.1) is 21.8 Å². The Hall–Kier alpha value is -1.72. The van der Waals surface area contributed by atoms with Crippen molar-refractivity contribution in [3.63, 3.8) is 0 Å².